The van der Waals surface area contributed by atoms with Gasteiger partial charge in [0.25, 0.3) is 0 Å². The Bertz CT molecular complexity index is 1640. The number of aromatic nitrogens is 1. The van der Waals surface area contributed by atoms with Gasteiger partial charge in [-0.05, 0) is 67.4 Å². The summed E-state index contributed by atoms with van der Waals surface area (Å²) in [5, 5.41) is 2.04. The number of carbonyl (C=O) groups excluding carboxylic acids is 1. The summed E-state index contributed by atoms with van der Waals surface area (Å²) >= 11 is 12.3. The van der Waals surface area contributed by atoms with Crippen LogP contribution in [0.5, 0.6) is 17.2 Å². The molecule has 2 aliphatic rings. The average Bonchev–Trinajstić information content (AvgIpc) is 3.44. The molecule has 0 aliphatic carbocycles. The van der Waals surface area contributed by atoms with Crippen molar-refractivity contribution in [2.45, 2.75) is 33.5 Å². The first-order chi connectivity index (χ1) is 18.4. The summed E-state index contributed by atoms with van der Waals surface area (Å²) in [6.45, 7) is 6.43. The fourth-order valence-electron chi connectivity index (χ4n) is 5.22. The van der Waals surface area contributed by atoms with Crippen LogP contribution < -0.4 is 14.2 Å². The molecule has 0 bridgehead atoms. The number of ketones is 1. The molecule has 38 heavy (non-hydrogen) atoms. The van der Waals surface area contributed by atoms with Crippen LogP contribution in [0.1, 0.15) is 39.5 Å². The van der Waals surface area contributed by atoms with Crippen molar-refractivity contribution in [3.05, 3.63) is 92.3 Å². The van der Waals surface area contributed by atoms with Crippen LogP contribution in [0.2, 0.25) is 10.0 Å². The number of halogens is 2. The van der Waals surface area contributed by atoms with Gasteiger partial charge in [-0.3, -0.25) is 9.69 Å². The van der Waals surface area contributed by atoms with E-state index < -0.39 is 0 Å². The largest absolute Gasteiger partial charge is 0.497 e. The lowest BCUT2D eigenvalue weighted by molar-refractivity contribution is 0.0872. The third-order valence-corrected chi connectivity index (χ3v) is 7.86. The predicted octanol–water partition coefficient (Wildman–Crippen LogP) is 7.25. The van der Waals surface area contributed by atoms with E-state index in [0.717, 1.165) is 51.2 Å². The Morgan fingerprint density at radius 3 is 2.71 bits per heavy atom. The van der Waals surface area contributed by atoms with Crippen LogP contribution in [0.25, 0.3) is 17.0 Å². The summed E-state index contributed by atoms with van der Waals surface area (Å²) in [6.07, 6.45) is 3.88. The summed E-state index contributed by atoms with van der Waals surface area (Å²) < 4.78 is 20.0. The van der Waals surface area contributed by atoms with E-state index in [-0.39, 0.29) is 5.78 Å². The summed E-state index contributed by atoms with van der Waals surface area (Å²) in [6, 6.07) is 13.5. The summed E-state index contributed by atoms with van der Waals surface area (Å²) in [5.41, 5.74) is 5.29. The molecule has 0 atom stereocenters. The maximum absolute atomic E-state index is 13.6. The number of aryl methyl sites for hydroxylation is 2. The molecular weight excluding hydrogens is 523 g/mol. The third-order valence-electron chi connectivity index (χ3n) is 7.12. The van der Waals surface area contributed by atoms with Gasteiger partial charge in [0.2, 0.25) is 5.78 Å². The van der Waals surface area contributed by atoms with Crippen LogP contribution in [0.3, 0.4) is 0 Å². The Balaban J connectivity index is 1.35. The van der Waals surface area contributed by atoms with E-state index in [0.29, 0.717) is 46.9 Å². The second kappa shape index (κ2) is 9.70. The van der Waals surface area contributed by atoms with Crippen LogP contribution in [0, 0.1) is 6.92 Å². The lowest BCUT2D eigenvalue weighted by Crippen LogP contribution is -2.31. The monoisotopic (exact) mass is 548 g/mol. The van der Waals surface area contributed by atoms with Gasteiger partial charge < -0.3 is 18.8 Å². The van der Waals surface area contributed by atoms with Crippen LogP contribution in [-0.4, -0.2) is 29.1 Å². The molecule has 3 heterocycles. The molecule has 194 valence electrons. The minimum Gasteiger partial charge on any atom is -0.497 e. The average molecular weight is 549 g/mol. The summed E-state index contributed by atoms with van der Waals surface area (Å²) in [5.74, 6) is 2.26. The fraction of sp³-hybridized carbons (Fsp3) is 0.233. The van der Waals surface area contributed by atoms with Crippen molar-refractivity contribution in [1.29, 1.82) is 0 Å². The van der Waals surface area contributed by atoms with Gasteiger partial charge in [0.15, 0.2) is 5.76 Å². The first-order valence-corrected chi connectivity index (χ1v) is 13.2. The number of Topliss-reactive ketones (excluding diaryl/α,β-unsaturated/α-hetero) is 1. The van der Waals surface area contributed by atoms with Crippen LogP contribution >= 0.6 is 23.2 Å². The fourth-order valence-corrected chi connectivity index (χ4v) is 5.54. The van der Waals surface area contributed by atoms with Gasteiger partial charge in [0, 0.05) is 42.3 Å². The van der Waals surface area contributed by atoms with Gasteiger partial charge in [0.1, 0.15) is 24.0 Å². The number of hydrogen-bond acceptors (Lipinski definition) is 5. The topological polar surface area (TPSA) is 52.9 Å². The quantitative estimate of drug-likeness (QED) is 0.246. The minimum atomic E-state index is -0.123. The van der Waals surface area contributed by atoms with Gasteiger partial charge in [-0.1, -0.05) is 29.3 Å². The van der Waals surface area contributed by atoms with E-state index in [2.05, 4.69) is 16.4 Å². The van der Waals surface area contributed by atoms with Crippen molar-refractivity contribution in [2.24, 2.45) is 0 Å². The highest BCUT2D eigenvalue weighted by Crippen LogP contribution is 2.44. The Morgan fingerprint density at radius 1 is 1.11 bits per heavy atom. The van der Waals surface area contributed by atoms with Crippen molar-refractivity contribution in [3.8, 4) is 17.2 Å². The Hall–Kier alpha value is -3.45. The first-order valence-electron chi connectivity index (χ1n) is 12.4. The van der Waals surface area contributed by atoms with Crippen molar-refractivity contribution < 1.29 is 19.0 Å². The molecule has 0 N–H and O–H groups in total. The molecule has 6 rings (SSSR count). The zero-order valence-corrected chi connectivity index (χ0v) is 22.8. The lowest BCUT2D eigenvalue weighted by atomic mass is 9.98. The maximum Gasteiger partial charge on any atom is 0.232 e. The van der Waals surface area contributed by atoms with Crippen molar-refractivity contribution in [2.75, 3.05) is 13.8 Å². The number of rotatable bonds is 5. The Kier molecular flexibility index (Phi) is 6.34. The first kappa shape index (κ1) is 24.9. The molecule has 6 nitrogen and oxygen atoms in total. The maximum atomic E-state index is 13.6. The van der Waals surface area contributed by atoms with E-state index in [1.807, 2.05) is 55.6 Å². The molecule has 0 amide bonds. The van der Waals surface area contributed by atoms with E-state index in [1.165, 1.54) is 0 Å². The highest BCUT2D eigenvalue weighted by Gasteiger charge is 2.35. The zero-order valence-electron chi connectivity index (χ0n) is 21.3. The summed E-state index contributed by atoms with van der Waals surface area (Å²) in [4.78, 5) is 15.7. The van der Waals surface area contributed by atoms with Crippen LogP contribution in [-0.2, 0) is 19.6 Å². The molecule has 2 aliphatic heterocycles. The molecule has 0 saturated carbocycles. The number of ether oxygens (including phenoxy) is 3. The molecule has 0 unspecified atom stereocenters. The highest BCUT2D eigenvalue weighted by molar-refractivity contribution is 6.42. The number of fused-ring (bicyclic) bond motifs is 4. The second-order valence-electron chi connectivity index (χ2n) is 9.58. The third kappa shape index (κ3) is 4.23. The smallest absolute Gasteiger partial charge is 0.232 e. The van der Waals surface area contributed by atoms with Crippen LogP contribution in [0.15, 0.2) is 54.4 Å². The van der Waals surface area contributed by atoms with Gasteiger partial charge >= 0.3 is 0 Å². The van der Waals surface area contributed by atoms with E-state index >= 15 is 0 Å². The van der Waals surface area contributed by atoms with Crippen molar-refractivity contribution in [3.63, 3.8) is 0 Å². The molecule has 0 fully saturated rings. The Labute approximate surface area is 230 Å². The molecule has 8 heteroatoms. The normalized spacial score (nSPS) is 15.9. The van der Waals surface area contributed by atoms with Crippen molar-refractivity contribution >= 4 is 46.0 Å². The minimum absolute atomic E-state index is 0.123. The molecule has 0 radical (unpaired) electrons. The zero-order chi connectivity index (χ0) is 26.6. The van der Waals surface area contributed by atoms with Crippen molar-refractivity contribution in [1.82, 2.24) is 9.47 Å². The van der Waals surface area contributed by atoms with Gasteiger partial charge in [-0.2, -0.15) is 0 Å². The van der Waals surface area contributed by atoms with Gasteiger partial charge in [-0.15, -0.1) is 0 Å². The summed E-state index contributed by atoms with van der Waals surface area (Å²) in [7, 11) is 1.65. The number of hydrogen-bond donors (Lipinski definition) is 0. The van der Waals surface area contributed by atoms with E-state index in [1.54, 1.807) is 13.2 Å². The lowest BCUT2D eigenvalue weighted by Gasteiger charge is -2.30. The van der Waals surface area contributed by atoms with Gasteiger partial charge in [0.05, 0.1) is 28.3 Å². The number of methoxy groups -OCH3 is 1. The van der Waals surface area contributed by atoms with E-state index in [4.69, 9.17) is 37.4 Å². The SMILES string of the molecule is CCn1cc(/C=C2\Oc3c4c(cc(C)c3C2=O)OCN(Cc2ccc(Cl)c(Cl)c2)C4)c2cc(OC)ccc21. The molecule has 1 aromatic heterocycles. The van der Waals surface area contributed by atoms with Crippen LogP contribution in [0.4, 0.5) is 0 Å². The molecule has 0 spiro atoms. The standard InChI is InChI=1S/C30H26Cl2N2O4/c1-4-34-14-19(21-12-20(36-3)6-8-25(21)34)11-27-29(35)28-17(2)9-26-22(30(28)38-27)15-33(16-37-26)13-18-5-7-23(31)24(32)10-18/h5-12,14H,4,13,15-16H2,1-3H3/b27-11-. The predicted molar refractivity (Wildman–Crippen MR) is 149 cm³/mol. The molecular formula is C30H26Cl2N2O4. The Morgan fingerprint density at radius 2 is 1.95 bits per heavy atom. The molecule has 4 aromatic rings. The number of carbonyl (C=O) groups is 1. The number of benzene rings is 3. The number of allylic oxidation sites excluding steroid dienone is 1. The highest BCUT2D eigenvalue weighted by atomic mass is 35.5. The number of nitrogens with zero attached hydrogens (tertiary/aromatic N) is 2. The van der Waals surface area contributed by atoms with Gasteiger partial charge in [-0.25, -0.2) is 0 Å². The molecule has 0 saturated heterocycles. The van der Waals surface area contributed by atoms with E-state index in [9.17, 15) is 4.79 Å². The second-order valence-corrected chi connectivity index (χ2v) is 10.4. The molecule has 3 aromatic carbocycles.